The van der Waals surface area contributed by atoms with Gasteiger partial charge in [-0.3, -0.25) is 14.7 Å². The summed E-state index contributed by atoms with van der Waals surface area (Å²) >= 11 is 0. The Bertz CT molecular complexity index is 621. The number of carbonyl (C=O) groups is 1. The molecule has 4 heterocycles. The lowest BCUT2D eigenvalue weighted by Gasteiger charge is -2.46. The Labute approximate surface area is 182 Å². The van der Waals surface area contributed by atoms with E-state index in [1.165, 1.54) is 50.8 Å². The van der Waals surface area contributed by atoms with Crippen LogP contribution >= 0.6 is 12.4 Å². The van der Waals surface area contributed by atoms with E-state index in [-0.39, 0.29) is 12.4 Å². The summed E-state index contributed by atoms with van der Waals surface area (Å²) in [6.07, 6.45) is 13.0. The average Bonchev–Trinajstić information content (AvgIpc) is 3.00. The molecule has 3 aliphatic rings. The average molecular weight is 421 g/mol. The van der Waals surface area contributed by atoms with Crippen molar-refractivity contribution >= 4 is 18.3 Å². The molecule has 2 unspecified atom stereocenters. The van der Waals surface area contributed by atoms with Crippen LogP contribution in [0.25, 0.3) is 0 Å². The highest BCUT2D eigenvalue weighted by molar-refractivity contribution is 5.85. The molecule has 162 valence electrons. The lowest BCUT2D eigenvalue weighted by Crippen LogP contribution is -2.55. The summed E-state index contributed by atoms with van der Waals surface area (Å²) in [5.74, 6) is 1.88. The number of rotatable bonds is 6. The van der Waals surface area contributed by atoms with E-state index in [4.69, 9.17) is 0 Å². The highest BCUT2D eigenvalue weighted by atomic mass is 35.5. The van der Waals surface area contributed by atoms with Gasteiger partial charge >= 0.3 is 0 Å². The van der Waals surface area contributed by atoms with Gasteiger partial charge in [-0.25, -0.2) is 0 Å². The monoisotopic (exact) mass is 420 g/mol. The molecule has 6 heteroatoms. The topological polar surface area (TPSA) is 48.5 Å². The van der Waals surface area contributed by atoms with Crippen LogP contribution in [0.5, 0.6) is 0 Å². The van der Waals surface area contributed by atoms with Crippen LogP contribution in [0.3, 0.4) is 0 Å². The second-order valence-electron chi connectivity index (χ2n) is 9.12. The maximum atomic E-state index is 12.6. The van der Waals surface area contributed by atoms with Crippen molar-refractivity contribution in [1.29, 1.82) is 0 Å². The quantitative estimate of drug-likeness (QED) is 0.765. The molecule has 3 saturated heterocycles. The predicted octanol–water partition coefficient (Wildman–Crippen LogP) is 3.49. The molecule has 3 atom stereocenters. The van der Waals surface area contributed by atoms with E-state index >= 15 is 0 Å². The van der Waals surface area contributed by atoms with Gasteiger partial charge in [-0.15, -0.1) is 12.4 Å². The molecule has 1 amide bonds. The van der Waals surface area contributed by atoms with Gasteiger partial charge < -0.3 is 10.2 Å². The van der Waals surface area contributed by atoms with E-state index < -0.39 is 0 Å². The van der Waals surface area contributed by atoms with Crippen LogP contribution in [-0.4, -0.2) is 59.5 Å². The summed E-state index contributed by atoms with van der Waals surface area (Å²) in [4.78, 5) is 21.6. The predicted molar refractivity (Wildman–Crippen MR) is 119 cm³/mol. The summed E-state index contributed by atoms with van der Waals surface area (Å²) in [5, 5.41) is 3.80. The molecule has 0 aliphatic carbocycles. The van der Waals surface area contributed by atoms with Gasteiger partial charge in [-0.05, 0) is 62.1 Å². The minimum Gasteiger partial charge on any atom is -0.343 e. The summed E-state index contributed by atoms with van der Waals surface area (Å²) in [6.45, 7) is 6.47. The Kier molecular flexibility index (Phi) is 8.76. The Balaban J connectivity index is 0.00000240. The first-order chi connectivity index (χ1) is 13.8. The van der Waals surface area contributed by atoms with Crippen molar-refractivity contribution in [3.8, 4) is 0 Å². The van der Waals surface area contributed by atoms with Crippen LogP contribution in [0.1, 0.15) is 56.9 Å². The second kappa shape index (κ2) is 11.3. The van der Waals surface area contributed by atoms with Crippen LogP contribution in [0, 0.1) is 11.8 Å². The van der Waals surface area contributed by atoms with Gasteiger partial charge in [0.05, 0.1) is 0 Å². The number of pyridine rings is 1. The summed E-state index contributed by atoms with van der Waals surface area (Å²) in [6, 6.07) is 4.79. The number of hydrogen-bond acceptors (Lipinski definition) is 4. The molecule has 0 spiro atoms. The number of halogens is 1. The van der Waals surface area contributed by atoms with Crippen LogP contribution in [0.4, 0.5) is 0 Å². The first kappa shape index (κ1) is 22.5. The highest BCUT2D eigenvalue weighted by Gasteiger charge is 2.36. The SMILES string of the molecule is Cl.O=C(CCC[C@H]1NCC2CC1CN(Cc1cccnc1)C2)N1CCCCCC1. The molecule has 5 nitrogen and oxygen atoms in total. The van der Waals surface area contributed by atoms with E-state index in [2.05, 4.69) is 26.2 Å². The van der Waals surface area contributed by atoms with Gasteiger partial charge in [0, 0.05) is 57.6 Å². The zero-order valence-corrected chi connectivity index (χ0v) is 18.4. The molecular formula is C23H37ClN4O. The standard InChI is InChI=1S/C23H36N4O.ClH/c28-23(27-11-3-1-2-4-12-27)9-5-8-22-21-13-20(15-25-22)17-26(18-21)16-19-7-6-10-24-14-19;/h6-7,10,14,20-22,25H,1-5,8-9,11-13,15-18H2;1H/t20?,21?,22-;/m1./s1. The van der Waals surface area contributed by atoms with E-state index in [1.54, 1.807) is 0 Å². The van der Waals surface area contributed by atoms with Gasteiger partial charge in [0.2, 0.25) is 5.91 Å². The third kappa shape index (κ3) is 6.40. The number of amides is 1. The molecule has 1 N–H and O–H groups in total. The Morgan fingerprint density at radius 1 is 1.17 bits per heavy atom. The van der Waals surface area contributed by atoms with Gasteiger partial charge in [0.15, 0.2) is 0 Å². The Hall–Kier alpha value is -1.17. The zero-order valence-electron chi connectivity index (χ0n) is 17.6. The minimum atomic E-state index is 0. The fourth-order valence-electron chi connectivity index (χ4n) is 5.44. The molecular weight excluding hydrogens is 384 g/mol. The number of nitrogens with zero attached hydrogens (tertiary/aromatic N) is 3. The largest absolute Gasteiger partial charge is 0.343 e. The van der Waals surface area contributed by atoms with Crippen LogP contribution in [0.15, 0.2) is 24.5 Å². The molecule has 0 aromatic carbocycles. The van der Waals surface area contributed by atoms with Crippen molar-refractivity contribution in [2.45, 2.75) is 64.0 Å². The number of nitrogens with one attached hydrogen (secondary N) is 1. The van der Waals surface area contributed by atoms with E-state index in [0.29, 0.717) is 11.9 Å². The molecule has 4 rings (SSSR count). The first-order valence-electron chi connectivity index (χ1n) is 11.4. The molecule has 3 fully saturated rings. The van der Waals surface area contributed by atoms with Crippen molar-refractivity contribution in [1.82, 2.24) is 20.1 Å². The van der Waals surface area contributed by atoms with Gasteiger partial charge in [0.1, 0.15) is 0 Å². The maximum Gasteiger partial charge on any atom is 0.222 e. The van der Waals surface area contributed by atoms with Crippen molar-refractivity contribution in [2.24, 2.45) is 11.8 Å². The Morgan fingerprint density at radius 3 is 2.76 bits per heavy atom. The van der Waals surface area contributed by atoms with E-state index in [0.717, 1.165) is 57.3 Å². The van der Waals surface area contributed by atoms with Gasteiger partial charge in [-0.1, -0.05) is 18.9 Å². The number of likely N-dealkylation sites (tertiary alicyclic amines) is 2. The lowest BCUT2D eigenvalue weighted by molar-refractivity contribution is -0.131. The Morgan fingerprint density at radius 2 is 2.00 bits per heavy atom. The third-order valence-corrected chi connectivity index (χ3v) is 6.88. The maximum absolute atomic E-state index is 12.6. The molecule has 0 radical (unpaired) electrons. The molecule has 1 aromatic rings. The van der Waals surface area contributed by atoms with Crippen LogP contribution < -0.4 is 5.32 Å². The molecule has 0 saturated carbocycles. The second-order valence-corrected chi connectivity index (χ2v) is 9.12. The number of carbonyl (C=O) groups excluding carboxylic acids is 1. The third-order valence-electron chi connectivity index (χ3n) is 6.88. The van der Waals surface area contributed by atoms with Crippen molar-refractivity contribution in [3.63, 3.8) is 0 Å². The van der Waals surface area contributed by atoms with Crippen molar-refractivity contribution < 1.29 is 4.79 Å². The zero-order chi connectivity index (χ0) is 19.2. The van der Waals surface area contributed by atoms with Gasteiger partial charge in [0.25, 0.3) is 0 Å². The first-order valence-corrected chi connectivity index (χ1v) is 11.4. The molecule has 1 aromatic heterocycles. The number of hydrogen-bond donors (Lipinski definition) is 1. The number of fused-ring (bicyclic) bond motifs is 2. The minimum absolute atomic E-state index is 0. The van der Waals surface area contributed by atoms with Crippen molar-refractivity contribution in [2.75, 3.05) is 32.7 Å². The summed E-state index contributed by atoms with van der Waals surface area (Å²) < 4.78 is 0. The normalized spacial score (nSPS) is 27.7. The number of aromatic nitrogens is 1. The molecule has 29 heavy (non-hydrogen) atoms. The molecule has 2 bridgehead atoms. The highest BCUT2D eigenvalue weighted by Crippen LogP contribution is 2.31. The number of piperidine rings is 2. The van der Waals surface area contributed by atoms with Crippen LogP contribution in [-0.2, 0) is 11.3 Å². The lowest BCUT2D eigenvalue weighted by atomic mass is 9.79. The summed E-state index contributed by atoms with van der Waals surface area (Å²) in [5.41, 5.74) is 1.31. The van der Waals surface area contributed by atoms with Crippen LogP contribution in [0.2, 0.25) is 0 Å². The van der Waals surface area contributed by atoms with E-state index in [9.17, 15) is 4.79 Å². The van der Waals surface area contributed by atoms with E-state index in [1.807, 2.05) is 18.5 Å². The fourth-order valence-corrected chi connectivity index (χ4v) is 5.44. The molecule has 3 aliphatic heterocycles. The smallest absolute Gasteiger partial charge is 0.222 e. The van der Waals surface area contributed by atoms with Gasteiger partial charge in [-0.2, -0.15) is 0 Å². The summed E-state index contributed by atoms with van der Waals surface area (Å²) in [7, 11) is 0. The van der Waals surface area contributed by atoms with Crippen molar-refractivity contribution in [3.05, 3.63) is 30.1 Å². The fraction of sp³-hybridized carbons (Fsp3) is 0.739.